The van der Waals surface area contributed by atoms with Crippen LogP contribution in [0.25, 0.3) is 0 Å². The molecule has 0 spiro atoms. The summed E-state index contributed by atoms with van der Waals surface area (Å²) in [7, 11) is 0. The molecule has 0 fully saturated rings. The maximum absolute atomic E-state index is 12.5. The number of alkyl halides is 1. The van der Waals surface area contributed by atoms with E-state index in [4.69, 9.17) is 9.47 Å². The summed E-state index contributed by atoms with van der Waals surface area (Å²) >= 11 is 3.60. The number of carbonyl (C=O) groups is 2. The largest absolute Gasteiger partial charge is 0.457 e. The molecule has 1 aliphatic rings. The first-order valence-electron chi connectivity index (χ1n) is 13.8. The molecule has 0 amide bonds. The summed E-state index contributed by atoms with van der Waals surface area (Å²) < 4.78 is 11.0. The number of ether oxygens (including phenoxy) is 2. The van der Waals surface area contributed by atoms with Crippen LogP contribution >= 0.6 is 15.9 Å². The van der Waals surface area contributed by atoms with E-state index < -0.39 is 53.5 Å². The Balaban J connectivity index is 3.00. The van der Waals surface area contributed by atoms with E-state index in [2.05, 4.69) is 15.9 Å². The van der Waals surface area contributed by atoms with Crippen molar-refractivity contribution in [3.63, 3.8) is 0 Å². The summed E-state index contributed by atoms with van der Waals surface area (Å²) in [6.07, 6.45) is 6.82. The zero-order chi connectivity index (χ0) is 30.0. The first-order valence-corrected chi connectivity index (χ1v) is 14.7. The summed E-state index contributed by atoms with van der Waals surface area (Å²) in [4.78, 5) is 23.9. The van der Waals surface area contributed by atoms with Gasteiger partial charge in [-0.1, -0.05) is 67.9 Å². The van der Waals surface area contributed by atoms with Crippen molar-refractivity contribution in [2.24, 2.45) is 11.3 Å². The summed E-state index contributed by atoms with van der Waals surface area (Å²) in [6.45, 7) is 12.3. The van der Waals surface area contributed by atoms with E-state index in [1.165, 1.54) is 6.92 Å². The van der Waals surface area contributed by atoms with Gasteiger partial charge in [0, 0.05) is 23.6 Å². The third kappa shape index (κ3) is 11.9. The monoisotopic (exact) mass is 616 g/mol. The van der Waals surface area contributed by atoms with Crippen molar-refractivity contribution in [1.82, 2.24) is 0 Å². The van der Waals surface area contributed by atoms with Gasteiger partial charge in [0.25, 0.3) is 0 Å². The van der Waals surface area contributed by atoms with Gasteiger partial charge in [-0.3, -0.25) is 9.59 Å². The number of hydrogen-bond acceptors (Lipinski definition) is 8. The molecular formula is C30H49BrO8. The van der Waals surface area contributed by atoms with Crippen molar-refractivity contribution < 1.29 is 39.5 Å². The lowest BCUT2D eigenvalue weighted by atomic mass is 9.77. The molecule has 8 nitrogen and oxygen atoms in total. The lowest BCUT2D eigenvalue weighted by Gasteiger charge is -2.37. The van der Waals surface area contributed by atoms with Crippen LogP contribution in [0, 0.1) is 11.3 Å². The first-order chi connectivity index (χ1) is 18.0. The quantitative estimate of drug-likeness (QED) is 0.122. The van der Waals surface area contributed by atoms with Crippen LogP contribution < -0.4 is 0 Å². The van der Waals surface area contributed by atoms with Gasteiger partial charge in [-0.05, 0) is 57.1 Å². The van der Waals surface area contributed by atoms with E-state index in [0.29, 0.717) is 19.3 Å². The molecule has 0 saturated carbocycles. The SMILES string of the molecule is CCC(O)C(C)(C)C(O)C(Br)CC(C)/C=C/C=C(\C)C1C/C=C\C(OC(C)=O)C(C)(O)CCC(O)CC(=O)O1. The second-order valence-corrected chi connectivity index (χ2v) is 12.8. The van der Waals surface area contributed by atoms with Crippen LogP contribution in [0.3, 0.4) is 0 Å². The molecule has 4 N–H and O–H groups in total. The van der Waals surface area contributed by atoms with Crippen molar-refractivity contribution in [2.45, 2.75) is 128 Å². The molecule has 0 aromatic heterocycles. The van der Waals surface area contributed by atoms with E-state index in [1.54, 1.807) is 19.1 Å². The number of aliphatic hydroxyl groups is 4. The van der Waals surface area contributed by atoms with Gasteiger partial charge in [0.05, 0.1) is 24.7 Å². The molecule has 39 heavy (non-hydrogen) atoms. The lowest BCUT2D eigenvalue weighted by molar-refractivity contribution is -0.157. The van der Waals surface area contributed by atoms with Crippen LogP contribution in [-0.2, 0) is 19.1 Å². The maximum Gasteiger partial charge on any atom is 0.309 e. The Bertz CT molecular complexity index is 878. The second kappa shape index (κ2) is 16.1. The Labute approximate surface area is 242 Å². The summed E-state index contributed by atoms with van der Waals surface area (Å²) in [5.74, 6) is -0.946. The number of aliphatic hydroxyl groups excluding tert-OH is 3. The van der Waals surface area contributed by atoms with E-state index in [9.17, 15) is 30.0 Å². The molecule has 1 aliphatic heterocycles. The smallest absolute Gasteiger partial charge is 0.309 e. The Morgan fingerprint density at radius 2 is 1.97 bits per heavy atom. The molecule has 224 valence electrons. The number of cyclic esters (lactones) is 1. The Kier molecular flexibility index (Phi) is 14.6. The number of halogens is 1. The molecule has 0 aromatic carbocycles. The molecule has 0 aliphatic carbocycles. The first kappa shape index (κ1) is 35.5. The number of rotatable bonds is 10. The molecule has 9 heteroatoms. The van der Waals surface area contributed by atoms with Gasteiger partial charge >= 0.3 is 11.9 Å². The van der Waals surface area contributed by atoms with Crippen LogP contribution in [0.5, 0.6) is 0 Å². The predicted molar refractivity (Wildman–Crippen MR) is 155 cm³/mol. The minimum atomic E-state index is -1.41. The highest BCUT2D eigenvalue weighted by atomic mass is 79.9. The second-order valence-electron chi connectivity index (χ2n) is 11.6. The number of esters is 2. The Morgan fingerprint density at radius 3 is 2.56 bits per heavy atom. The van der Waals surface area contributed by atoms with Crippen LogP contribution in [-0.4, -0.2) is 73.3 Å². The zero-order valence-electron chi connectivity index (χ0n) is 24.5. The molecule has 0 saturated heterocycles. The van der Waals surface area contributed by atoms with Crippen molar-refractivity contribution in [3.8, 4) is 0 Å². The van der Waals surface area contributed by atoms with Gasteiger partial charge < -0.3 is 29.9 Å². The van der Waals surface area contributed by atoms with Crippen LogP contribution in [0.15, 0.2) is 36.0 Å². The normalized spacial score (nSPS) is 29.9. The minimum Gasteiger partial charge on any atom is -0.457 e. The van der Waals surface area contributed by atoms with E-state index in [-0.39, 0.29) is 30.0 Å². The molecule has 1 heterocycles. The highest BCUT2D eigenvalue weighted by Gasteiger charge is 2.38. The molecule has 0 aromatic rings. The number of carbonyl (C=O) groups excluding carboxylic acids is 2. The van der Waals surface area contributed by atoms with Gasteiger partial charge in [0.1, 0.15) is 17.8 Å². The van der Waals surface area contributed by atoms with Gasteiger partial charge in [-0.2, -0.15) is 0 Å². The lowest BCUT2D eigenvalue weighted by Crippen LogP contribution is -2.45. The molecule has 8 unspecified atom stereocenters. The minimum absolute atomic E-state index is 0.114. The molecule has 0 bridgehead atoms. The Hall–Kier alpha value is -1.52. The highest BCUT2D eigenvalue weighted by Crippen LogP contribution is 2.34. The Morgan fingerprint density at radius 1 is 1.33 bits per heavy atom. The average Bonchev–Trinajstić information content (AvgIpc) is 2.84. The summed E-state index contributed by atoms with van der Waals surface area (Å²) in [6, 6.07) is 0. The number of allylic oxidation sites excluding steroid dienone is 3. The van der Waals surface area contributed by atoms with Gasteiger partial charge in [-0.15, -0.1) is 0 Å². The van der Waals surface area contributed by atoms with Gasteiger partial charge in [-0.25, -0.2) is 0 Å². The molecule has 1 rings (SSSR count). The predicted octanol–water partition coefficient (Wildman–Crippen LogP) is 4.52. The van der Waals surface area contributed by atoms with Crippen molar-refractivity contribution in [3.05, 3.63) is 36.0 Å². The third-order valence-electron chi connectivity index (χ3n) is 7.48. The number of hydrogen-bond donors (Lipinski definition) is 4. The fourth-order valence-electron chi connectivity index (χ4n) is 4.56. The van der Waals surface area contributed by atoms with Gasteiger partial charge in [0.2, 0.25) is 0 Å². The van der Waals surface area contributed by atoms with Gasteiger partial charge in [0.15, 0.2) is 0 Å². The fourth-order valence-corrected chi connectivity index (χ4v) is 5.83. The van der Waals surface area contributed by atoms with Crippen LogP contribution in [0.4, 0.5) is 0 Å². The van der Waals surface area contributed by atoms with E-state index >= 15 is 0 Å². The highest BCUT2D eigenvalue weighted by molar-refractivity contribution is 9.09. The molecule has 0 radical (unpaired) electrons. The van der Waals surface area contributed by atoms with Crippen LogP contribution in [0.2, 0.25) is 0 Å². The third-order valence-corrected chi connectivity index (χ3v) is 8.36. The van der Waals surface area contributed by atoms with Crippen LogP contribution in [0.1, 0.15) is 87.0 Å². The average molecular weight is 618 g/mol. The summed E-state index contributed by atoms with van der Waals surface area (Å²) in [5.41, 5.74) is -1.28. The zero-order valence-corrected chi connectivity index (χ0v) is 26.1. The summed E-state index contributed by atoms with van der Waals surface area (Å²) in [5, 5.41) is 42.2. The van der Waals surface area contributed by atoms with E-state index in [0.717, 1.165) is 5.57 Å². The standard InChI is InChI=1S/C30H49BrO8/c1-8-25(34)29(5,6)28(36)23(31)17-19(2)11-9-12-20(3)24-13-10-14-26(38-21(4)32)30(7,37)16-15-22(33)18-27(35)39-24/h9-12,14,19,22-26,28,33-34,36-37H,8,13,15-18H2,1-7H3/b11-9+,14-10-,20-12+. The van der Waals surface area contributed by atoms with Crippen molar-refractivity contribution >= 4 is 27.9 Å². The van der Waals surface area contributed by atoms with Crippen molar-refractivity contribution in [1.29, 1.82) is 0 Å². The van der Waals surface area contributed by atoms with Crippen molar-refractivity contribution in [2.75, 3.05) is 0 Å². The fraction of sp³-hybridized carbons (Fsp3) is 0.733. The molecule has 8 atom stereocenters. The van der Waals surface area contributed by atoms with E-state index in [1.807, 2.05) is 52.8 Å². The molecular weight excluding hydrogens is 568 g/mol. The topological polar surface area (TPSA) is 134 Å². The maximum atomic E-state index is 12.5.